The van der Waals surface area contributed by atoms with Crippen LogP contribution in [0.25, 0.3) is 0 Å². The smallest absolute Gasteiger partial charge is 0.369 e. The highest BCUT2D eigenvalue weighted by atomic mass is 32.1. The summed E-state index contributed by atoms with van der Waals surface area (Å²) < 4.78 is 1.01. The van der Waals surface area contributed by atoms with Gasteiger partial charge in [-0.2, -0.15) is 11.3 Å². The molecule has 3 heteroatoms. The predicted octanol–water partition coefficient (Wildman–Crippen LogP) is 1.15. The number of benzene rings is 1. The minimum Gasteiger partial charge on any atom is -0.442 e. The van der Waals surface area contributed by atoms with Crippen LogP contribution in [0.4, 0.5) is 0 Å². The molecule has 1 nitrogen and oxygen atoms in total. The lowest BCUT2D eigenvalue weighted by Gasteiger charge is -2.02. The van der Waals surface area contributed by atoms with Crippen molar-refractivity contribution >= 4 is 28.5 Å². The molecule has 0 bridgehead atoms. The third kappa shape index (κ3) is 1.89. The molecule has 0 saturated carbocycles. The molecule has 0 amide bonds. The summed E-state index contributed by atoms with van der Waals surface area (Å²) in [5.41, 5.74) is 0.953. The zero-order chi connectivity index (χ0) is 9.97. The predicted molar refractivity (Wildman–Crippen MR) is 62.7 cm³/mol. The molecule has 1 N–H and O–H groups in total. The third-order valence-electron chi connectivity index (χ3n) is 2.15. The van der Waals surface area contributed by atoms with Crippen molar-refractivity contribution in [3.05, 3.63) is 47.3 Å². The highest BCUT2D eigenvalue weighted by Gasteiger charge is 2.17. The van der Waals surface area contributed by atoms with Gasteiger partial charge >= 0.3 is 6.92 Å². The lowest BCUT2D eigenvalue weighted by Crippen LogP contribution is -2.40. The zero-order valence-corrected chi connectivity index (χ0v) is 8.79. The van der Waals surface area contributed by atoms with Crippen LogP contribution in [0.5, 0.6) is 0 Å². The van der Waals surface area contributed by atoms with Crippen molar-refractivity contribution in [2.24, 2.45) is 0 Å². The van der Waals surface area contributed by atoms with Gasteiger partial charge in [0.25, 0.3) is 0 Å². The Kier molecular flexibility index (Phi) is 2.70. The van der Waals surface area contributed by atoms with Crippen LogP contribution in [0.15, 0.2) is 42.5 Å². The summed E-state index contributed by atoms with van der Waals surface area (Å²) in [6.07, 6.45) is 0. The average Bonchev–Trinajstić information content (AvgIpc) is 2.65. The largest absolute Gasteiger partial charge is 0.442 e. The number of hydrogen-bond donors (Lipinski definition) is 1. The highest BCUT2D eigenvalue weighted by molar-refractivity contribution is 7.24. The maximum atomic E-state index is 10.0. The van der Waals surface area contributed by atoms with Crippen LogP contribution in [0.3, 0.4) is 0 Å². The van der Waals surface area contributed by atoms with Crippen molar-refractivity contribution in [3.63, 3.8) is 0 Å². The van der Waals surface area contributed by atoms with E-state index in [-0.39, 0.29) is 0 Å². The first kappa shape index (κ1) is 9.50. The third-order valence-corrected chi connectivity index (χ3v) is 3.20. The minimum atomic E-state index is -0.477. The summed E-state index contributed by atoms with van der Waals surface area (Å²) in [7, 11) is 0. The summed E-state index contributed by atoms with van der Waals surface area (Å²) in [5.74, 6) is 0. The van der Waals surface area contributed by atoms with Gasteiger partial charge in [-0.05, 0) is 18.5 Å². The highest BCUT2D eigenvalue weighted by Crippen LogP contribution is 2.04. The van der Waals surface area contributed by atoms with Gasteiger partial charge in [-0.3, -0.25) is 0 Å². The topological polar surface area (TPSA) is 20.2 Å². The number of aryl methyl sites for hydroxylation is 1. The van der Waals surface area contributed by atoms with Gasteiger partial charge < -0.3 is 5.02 Å². The van der Waals surface area contributed by atoms with E-state index >= 15 is 0 Å². The summed E-state index contributed by atoms with van der Waals surface area (Å²) in [4.78, 5) is 1.23. The Balaban J connectivity index is 2.29. The second-order valence-corrected chi connectivity index (χ2v) is 4.58. The average molecular weight is 202 g/mol. The van der Waals surface area contributed by atoms with Crippen LogP contribution in [-0.2, 0) is 0 Å². The second kappa shape index (κ2) is 3.99. The minimum absolute atomic E-state index is 0.477. The van der Waals surface area contributed by atoms with Crippen LogP contribution >= 0.6 is 11.3 Å². The second-order valence-electron chi connectivity index (χ2n) is 3.26. The van der Waals surface area contributed by atoms with Gasteiger partial charge in [0, 0.05) is 9.65 Å². The standard InChI is InChI=1S/C11H11BOS/c1-9-7-8-11(14-9)12(13)10-5-3-2-4-6-10/h2-8,13H,1H3. The molecule has 0 aliphatic carbocycles. The molecule has 0 aliphatic heterocycles. The van der Waals surface area contributed by atoms with E-state index in [1.165, 1.54) is 4.88 Å². The summed E-state index contributed by atoms with van der Waals surface area (Å²) in [6.45, 7) is 1.57. The number of hydrogen-bond acceptors (Lipinski definition) is 2. The Labute approximate surface area is 88.1 Å². The van der Waals surface area contributed by atoms with Gasteiger partial charge in [-0.25, -0.2) is 0 Å². The van der Waals surface area contributed by atoms with Crippen LogP contribution in [0, 0.1) is 6.92 Å². The van der Waals surface area contributed by atoms with E-state index in [2.05, 4.69) is 0 Å². The molecule has 0 saturated heterocycles. The molecule has 70 valence electrons. The lowest BCUT2D eigenvalue weighted by atomic mass is 9.60. The summed E-state index contributed by atoms with van der Waals surface area (Å²) in [5, 5.41) is 10.0. The maximum absolute atomic E-state index is 10.0. The van der Waals surface area contributed by atoms with Gasteiger partial charge in [-0.1, -0.05) is 36.4 Å². The molecule has 2 rings (SSSR count). The van der Waals surface area contributed by atoms with E-state index < -0.39 is 6.92 Å². The van der Waals surface area contributed by atoms with E-state index in [1.54, 1.807) is 11.3 Å². The van der Waals surface area contributed by atoms with Gasteiger partial charge in [0.2, 0.25) is 0 Å². The van der Waals surface area contributed by atoms with E-state index in [1.807, 2.05) is 49.4 Å². The molecule has 0 atom stereocenters. The van der Waals surface area contributed by atoms with Gasteiger partial charge in [0.1, 0.15) is 0 Å². The summed E-state index contributed by atoms with van der Waals surface area (Å²) >= 11 is 1.64. The van der Waals surface area contributed by atoms with Gasteiger partial charge in [0.15, 0.2) is 0 Å². The van der Waals surface area contributed by atoms with Crippen LogP contribution in [0.1, 0.15) is 4.88 Å². The fourth-order valence-electron chi connectivity index (χ4n) is 1.40. The van der Waals surface area contributed by atoms with Crippen molar-refractivity contribution in [1.82, 2.24) is 0 Å². The zero-order valence-electron chi connectivity index (χ0n) is 7.97. The monoisotopic (exact) mass is 202 g/mol. The molecule has 0 unspecified atom stereocenters. The first-order valence-corrected chi connectivity index (χ1v) is 5.38. The Morgan fingerprint density at radius 2 is 1.79 bits per heavy atom. The number of thiophene rings is 1. The first-order valence-electron chi connectivity index (χ1n) is 4.57. The Morgan fingerprint density at radius 1 is 1.07 bits per heavy atom. The molecular weight excluding hydrogens is 191 g/mol. The molecule has 1 heterocycles. The van der Waals surface area contributed by atoms with E-state index in [0.717, 1.165) is 10.2 Å². The van der Waals surface area contributed by atoms with E-state index in [9.17, 15) is 5.02 Å². The molecule has 1 aromatic heterocycles. The molecule has 2 aromatic rings. The van der Waals surface area contributed by atoms with Gasteiger partial charge in [-0.15, -0.1) is 0 Å². The fourth-order valence-corrected chi connectivity index (χ4v) is 2.29. The van der Waals surface area contributed by atoms with Crippen LogP contribution in [0.2, 0.25) is 0 Å². The Morgan fingerprint density at radius 3 is 2.36 bits per heavy atom. The molecule has 0 aliphatic rings. The molecule has 0 radical (unpaired) electrons. The maximum Gasteiger partial charge on any atom is 0.369 e. The van der Waals surface area contributed by atoms with Crippen molar-refractivity contribution in [2.45, 2.75) is 6.92 Å². The lowest BCUT2D eigenvalue weighted by molar-refractivity contribution is 0.601. The summed E-state index contributed by atoms with van der Waals surface area (Å²) in [6, 6.07) is 13.7. The van der Waals surface area contributed by atoms with Crippen molar-refractivity contribution < 1.29 is 5.02 Å². The quantitative estimate of drug-likeness (QED) is 0.724. The molecular formula is C11H11BOS. The molecule has 14 heavy (non-hydrogen) atoms. The van der Waals surface area contributed by atoms with E-state index in [4.69, 9.17) is 0 Å². The fraction of sp³-hybridized carbons (Fsp3) is 0.0909. The van der Waals surface area contributed by atoms with Crippen molar-refractivity contribution in [2.75, 3.05) is 0 Å². The normalized spacial score (nSPS) is 10.1. The number of rotatable bonds is 2. The first-order chi connectivity index (χ1) is 6.77. The van der Waals surface area contributed by atoms with Gasteiger partial charge in [0.05, 0.1) is 0 Å². The van der Waals surface area contributed by atoms with E-state index in [0.29, 0.717) is 0 Å². The Bertz CT molecular complexity index is 410. The SMILES string of the molecule is Cc1ccc(B(O)c2ccccc2)s1. The Hall–Kier alpha value is -1.06. The van der Waals surface area contributed by atoms with Crippen LogP contribution in [-0.4, -0.2) is 11.9 Å². The van der Waals surface area contributed by atoms with Crippen molar-refractivity contribution in [3.8, 4) is 0 Å². The molecule has 1 aromatic carbocycles. The molecule has 0 spiro atoms. The molecule has 0 fully saturated rings. The van der Waals surface area contributed by atoms with Crippen LogP contribution < -0.4 is 10.2 Å². The van der Waals surface area contributed by atoms with Crippen molar-refractivity contribution in [1.29, 1.82) is 0 Å².